The van der Waals surface area contributed by atoms with Crippen LogP contribution in [0.4, 0.5) is 4.39 Å². The van der Waals surface area contributed by atoms with Crippen LogP contribution in [0, 0.1) is 11.7 Å². The molecule has 1 heterocycles. The molecule has 1 atom stereocenters. The predicted molar refractivity (Wildman–Crippen MR) is 96.5 cm³/mol. The van der Waals surface area contributed by atoms with E-state index >= 15 is 0 Å². The molecule has 0 radical (unpaired) electrons. The Morgan fingerprint density at radius 1 is 1.17 bits per heavy atom. The van der Waals surface area contributed by atoms with Crippen LogP contribution in [-0.4, -0.2) is 11.2 Å². The average molecular weight is 325 g/mol. The van der Waals surface area contributed by atoms with E-state index in [4.69, 9.17) is 0 Å². The first-order valence-corrected chi connectivity index (χ1v) is 9.50. The fourth-order valence-electron chi connectivity index (χ4n) is 3.58. The van der Waals surface area contributed by atoms with Crippen molar-refractivity contribution in [3.8, 4) is 0 Å². The number of para-hydroxylation sites is 1. The molecule has 0 saturated heterocycles. The van der Waals surface area contributed by atoms with Gasteiger partial charge < -0.3 is 4.98 Å². The van der Waals surface area contributed by atoms with Gasteiger partial charge in [-0.05, 0) is 53.8 Å². The molecule has 1 fully saturated rings. The summed E-state index contributed by atoms with van der Waals surface area (Å²) >= 11 is 1.84. The van der Waals surface area contributed by atoms with E-state index in [0.717, 1.165) is 5.75 Å². The summed E-state index contributed by atoms with van der Waals surface area (Å²) in [5.74, 6) is 1.91. The minimum atomic E-state index is -0.163. The molecule has 1 aliphatic rings. The Kier molecular flexibility index (Phi) is 3.90. The van der Waals surface area contributed by atoms with Crippen molar-refractivity contribution in [1.29, 1.82) is 0 Å². The molecule has 1 N–H and O–H groups in total. The summed E-state index contributed by atoms with van der Waals surface area (Å²) in [6.45, 7) is 0. The summed E-state index contributed by atoms with van der Waals surface area (Å²) in [5.41, 5.74) is 5.20. The van der Waals surface area contributed by atoms with Gasteiger partial charge in [-0.3, -0.25) is 0 Å². The standard InChI is InChI=1S/C20H20FNS/c1-23-12-15-3-2-4-17-18(11-22-20(15)17)19(13-5-6-13)14-7-9-16(21)10-8-14/h2-4,7-11,13,19,22H,5-6,12H2,1H3. The Morgan fingerprint density at radius 2 is 1.96 bits per heavy atom. The minimum absolute atomic E-state index is 0.163. The Hall–Kier alpha value is -1.74. The predicted octanol–water partition coefficient (Wildman–Crippen LogP) is 5.71. The smallest absolute Gasteiger partial charge is 0.123 e. The largest absolute Gasteiger partial charge is 0.361 e. The maximum atomic E-state index is 13.3. The molecule has 1 aliphatic carbocycles. The number of aromatic amines is 1. The van der Waals surface area contributed by atoms with Crippen LogP contribution in [0.5, 0.6) is 0 Å². The van der Waals surface area contributed by atoms with Crippen LogP contribution in [0.15, 0.2) is 48.7 Å². The molecule has 0 spiro atoms. The van der Waals surface area contributed by atoms with Gasteiger partial charge in [-0.2, -0.15) is 11.8 Å². The molecular formula is C20H20FNS. The number of aromatic nitrogens is 1. The maximum Gasteiger partial charge on any atom is 0.123 e. The highest BCUT2D eigenvalue weighted by molar-refractivity contribution is 7.97. The van der Waals surface area contributed by atoms with Gasteiger partial charge in [0.15, 0.2) is 0 Å². The number of hydrogen-bond acceptors (Lipinski definition) is 1. The summed E-state index contributed by atoms with van der Waals surface area (Å²) in [5, 5.41) is 1.32. The fourth-order valence-corrected chi connectivity index (χ4v) is 4.13. The molecule has 3 aromatic rings. The Morgan fingerprint density at radius 3 is 2.65 bits per heavy atom. The molecule has 23 heavy (non-hydrogen) atoms. The highest BCUT2D eigenvalue weighted by Gasteiger charge is 2.34. The molecule has 1 aromatic heterocycles. The maximum absolute atomic E-state index is 13.3. The third-order valence-electron chi connectivity index (χ3n) is 4.79. The quantitative estimate of drug-likeness (QED) is 0.635. The van der Waals surface area contributed by atoms with Gasteiger partial charge in [-0.15, -0.1) is 0 Å². The molecule has 3 heteroatoms. The molecule has 118 valence electrons. The van der Waals surface area contributed by atoms with Crippen LogP contribution in [0.1, 0.15) is 35.4 Å². The van der Waals surface area contributed by atoms with Gasteiger partial charge in [0.1, 0.15) is 5.82 Å². The zero-order chi connectivity index (χ0) is 15.8. The summed E-state index contributed by atoms with van der Waals surface area (Å²) in [6, 6.07) is 13.6. The Labute approximate surface area is 140 Å². The van der Waals surface area contributed by atoms with Crippen molar-refractivity contribution in [1.82, 2.24) is 4.98 Å². The zero-order valence-electron chi connectivity index (χ0n) is 13.2. The van der Waals surface area contributed by atoms with Gasteiger partial charge in [0.2, 0.25) is 0 Å². The lowest BCUT2D eigenvalue weighted by atomic mass is 9.87. The van der Waals surface area contributed by atoms with E-state index in [-0.39, 0.29) is 5.82 Å². The van der Waals surface area contributed by atoms with Gasteiger partial charge in [-0.1, -0.05) is 30.3 Å². The first-order chi connectivity index (χ1) is 11.3. The van der Waals surface area contributed by atoms with Crippen molar-refractivity contribution in [3.63, 3.8) is 0 Å². The van der Waals surface area contributed by atoms with E-state index in [2.05, 4.69) is 35.6 Å². The monoisotopic (exact) mass is 325 g/mol. The average Bonchev–Trinajstić information content (AvgIpc) is 3.30. The van der Waals surface area contributed by atoms with E-state index in [0.29, 0.717) is 11.8 Å². The highest BCUT2D eigenvalue weighted by Crippen LogP contribution is 2.48. The number of benzene rings is 2. The number of rotatable bonds is 5. The van der Waals surface area contributed by atoms with Crippen LogP contribution in [-0.2, 0) is 5.75 Å². The molecule has 0 aliphatic heterocycles. The SMILES string of the molecule is CSCc1cccc2c(C(c3ccc(F)cc3)C3CC3)c[nH]c12. The van der Waals surface area contributed by atoms with Crippen LogP contribution in [0.3, 0.4) is 0 Å². The summed E-state index contributed by atoms with van der Waals surface area (Å²) in [6.07, 6.45) is 6.83. The van der Waals surface area contributed by atoms with Crippen LogP contribution < -0.4 is 0 Å². The van der Waals surface area contributed by atoms with Crippen molar-refractivity contribution in [3.05, 3.63) is 71.2 Å². The Bertz CT molecular complexity index is 817. The van der Waals surface area contributed by atoms with E-state index < -0.39 is 0 Å². The lowest BCUT2D eigenvalue weighted by Crippen LogP contribution is -2.03. The molecule has 0 bridgehead atoms. The van der Waals surface area contributed by atoms with Crippen LogP contribution in [0.2, 0.25) is 0 Å². The lowest BCUT2D eigenvalue weighted by molar-refractivity contribution is 0.624. The second kappa shape index (κ2) is 6.04. The number of fused-ring (bicyclic) bond motifs is 1. The highest BCUT2D eigenvalue weighted by atomic mass is 32.2. The van der Waals surface area contributed by atoms with Crippen molar-refractivity contribution in [2.75, 3.05) is 6.26 Å². The first kappa shape index (κ1) is 14.8. The molecule has 0 amide bonds. The van der Waals surface area contributed by atoms with Crippen molar-refractivity contribution in [2.24, 2.45) is 5.92 Å². The molecular weight excluding hydrogens is 305 g/mol. The topological polar surface area (TPSA) is 15.8 Å². The number of hydrogen-bond donors (Lipinski definition) is 1. The van der Waals surface area contributed by atoms with Gasteiger partial charge in [-0.25, -0.2) is 4.39 Å². The summed E-state index contributed by atoms with van der Waals surface area (Å²) < 4.78 is 13.3. The third-order valence-corrected chi connectivity index (χ3v) is 5.39. The van der Waals surface area contributed by atoms with Crippen LogP contribution >= 0.6 is 11.8 Å². The minimum Gasteiger partial charge on any atom is -0.361 e. The number of H-pyrrole nitrogens is 1. The molecule has 1 unspecified atom stereocenters. The van der Waals surface area contributed by atoms with Gasteiger partial charge in [0.05, 0.1) is 0 Å². The van der Waals surface area contributed by atoms with Crippen LogP contribution in [0.25, 0.3) is 10.9 Å². The molecule has 1 nitrogen and oxygen atoms in total. The van der Waals surface area contributed by atoms with E-state index in [1.165, 1.54) is 40.4 Å². The third kappa shape index (κ3) is 2.78. The van der Waals surface area contributed by atoms with Crippen molar-refractivity contribution >= 4 is 22.7 Å². The summed E-state index contributed by atoms with van der Waals surface area (Å²) in [7, 11) is 0. The van der Waals surface area contributed by atoms with Gasteiger partial charge in [0, 0.05) is 28.8 Å². The second-order valence-electron chi connectivity index (χ2n) is 6.38. The van der Waals surface area contributed by atoms with Crippen molar-refractivity contribution in [2.45, 2.75) is 24.5 Å². The molecule has 2 aromatic carbocycles. The van der Waals surface area contributed by atoms with Gasteiger partial charge >= 0.3 is 0 Å². The fraction of sp³-hybridized carbons (Fsp3) is 0.300. The zero-order valence-corrected chi connectivity index (χ0v) is 14.0. The Balaban J connectivity index is 1.82. The first-order valence-electron chi connectivity index (χ1n) is 8.11. The normalized spacial score (nSPS) is 15.9. The lowest BCUT2D eigenvalue weighted by Gasteiger charge is -2.17. The second-order valence-corrected chi connectivity index (χ2v) is 7.25. The van der Waals surface area contributed by atoms with E-state index in [1.807, 2.05) is 23.9 Å². The molecule has 1 saturated carbocycles. The van der Waals surface area contributed by atoms with Crippen molar-refractivity contribution < 1.29 is 4.39 Å². The van der Waals surface area contributed by atoms with E-state index in [1.54, 1.807) is 12.1 Å². The van der Waals surface area contributed by atoms with Gasteiger partial charge in [0.25, 0.3) is 0 Å². The number of nitrogens with one attached hydrogen (secondary N) is 1. The number of halogens is 1. The summed E-state index contributed by atoms with van der Waals surface area (Å²) in [4.78, 5) is 3.50. The number of thioether (sulfide) groups is 1. The molecule has 4 rings (SSSR count). The van der Waals surface area contributed by atoms with E-state index in [9.17, 15) is 4.39 Å².